The average molecular weight is 521 g/mol. The Kier molecular flexibility index (Phi) is 8.03. The van der Waals surface area contributed by atoms with Crippen molar-refractivity contribution in [3.63, 3.8) is 0 Å². The van der Waals surface area contributed by atoms with Crippen LogP contribution in [0, 0.1) is 6.92 Å². The molecule has 0 unspecified atom stereocenters. The molecule has 3 aromatic rings. The first-order chi connectivity index (χ1) is 16.7. The topological polar surface area (TPSA) is 48.5 Å². The number of alkyl halides is 3. The van der Waals surface area contributed by atoms with Crippen LogP contribution in [0.5, 0.6) is 0 Å². The third-order valence-corrected chi connectivity index (χ3v) is 7.94. The lowest BCUT2D eigenvalue weighted by molar-refractivity contribution is -0.137. The Balaban J connectivity index is 1.44. The lowest BCUT2D eigenvalue weighted by Crippen LogP contribution is -2.46. The fourth-order valence-electron chi connectivity index (χ4n) is 3.89. The van der Waals surface area contributed by atoms with Crippen LogP contribution in [-0.2, 0) is 11.0 Å². The molecule has 0 radical (unpaired) electrons. The van der Waals surface area contributed by atoms with Crippen LogP contribution in [-0.4, -0.2) is 54.3 Å². The number of carbonyl (C=O) groups excluding carboxylic acids is 1. The lowest BCUT2D eigenvalue weighted by atomic mass is 10.1. The molecule has 1 amide bonds. The minimum absolute atomic E-state index is 0.0557. The van der Waals surface area contributed by atoms with E-state index in [1.807, 2.05) is 41.5 Å². The number of nitrogens with zero attached hydrogens (tertiary/aromatic N) is 3. The van der Waals surface area contributed by atoms with Crippen molar-refractivity contribution in [1.29, 1.82) is 0 Å². The molecule has 0 saturated carbocycles. The van der Waals surface area contributed by atoms with Crippen molar-refractivity contribution in [3.05, 3.63) is 59.0 Å². The van der Waals surface area contributed by atoms with Gasteiger partial charge in [0.2, 0.25) is 5.91 Å². The molecule has 2 heterocycles. The highest BCUT2D eigenvalue weighted by molar-refractivity contribution is 8.01. The highest BCUT2D eigenvalue weighted by atomic mass is 32.2. The average Bonchev–Trinajstić information content (AvgIpc) is 3.32. The number of halogens is 3. The third kappa shape index (κ3) is 6.56. The second kappa shape index (κ2) is 11.0. The van der Waals surface area contributed by atoms with Gasteiger partial charge in [-0.1, -0.05) is 48.5 Å². The van der Waals surface area contributed by atoms with Crippen LogP contribution in [0.3, 0.4) is 0 Å². The van der Waals surface area contributed by atoms with Gasteiger partial charge in [-0.05, 0) is 31.7 Å². The molecule has 10 heteroatoms. The number of piperazine rings is 1. The molecule has 1 aliphatic rings. The molecule has 5 nitrogen and oxygen atoms in total. The van der Waals surface area contributed by atoms with Crippen molar-refractivity contribution in [3.8, 4) is 11.3 Å². The SMILES string of the molecule is CCN1CCN(c2ccc(C(F)(F)F)cc2NC(=O)CSc2nc(-c3ccc(C)cc3)cs2)CC1. The molecule has 0 spiro atoms. The number of anilines is 2. The van der Waals surface area contributed by atoms with Crippen LogP contribution >= 0.6 is 23.1 Å². The molecule has 0 aliphatic carbocycles. The maximum atomic E-state index is 13.4. The smallest absolute Gasteiger partial charge is 0.367 e. The van der Waals surface area contributed by atoms with Crippen molar-refractivity contribution in [2.45, 2.75) is 24.4 Å². The normalized spacial score (nSPS) is 14.8. The summed E-state index contributed by atoms with van der Waals surface area (Å²) in [5.74, 6) is -0.310. The number of nitrogens with one attached hydrogen (secondary N) is 1. The first kappa shape index (κ1) is 25.5. The number of thiazole rings is 1. The molecule has 0 bridgehead atoms. The molecule has 4 rings (SSSR count). The Morgan fingerprint density at radius 1 is 1.11 bits per heavy atom. The summed E-state index contributed by atoms with van der Waals surface area (Å²) in [6.07, 6.45) is -4.49. The van der Waals surface area contributed by atoms with Gasteiger partial charge in [0, 0.05) is 37.1 Å². The van der Waals surface area contributed by atoms with Crippen molar-refractivity contribution < 1.29 is 18.0 Å². The maximum absolute atomic E-state index is 13.4. The van der Waals surface area contributed by atoms with Gasteiger partial charge >= 0.3 is 6.18 Å². The molecule has 1 aromatic heterocycles. The predicted molar refractivity (Wildman–Crippen MR) is 137 cm³/mol. The fourth-order valence-corrected chi connectivity index (χ4v) is 5.52. The van der Waals surface area contributed by atoms with Crippen LogP contribution in [0.4, 0.5) is 24.5 Å². The lowest BCUT2D eigenvalue weighted by Gasteiger charge is -2.36. The van der Waals surface area contributed by atoms with Gasteiger partial charge in [0.25, 0.3) is 0 Å². The van der Waals surface area contributed by atoms with Gasteiger partial charge in [0.15, 0.2) is 4.34 Å². The number of likely N-dealkylation sites (N-methyl/N-ethyl adjacent to an activating group) is 1. The largest absolute Gasteiger partial charge is 0.416 e. The highest BCUT2D eigenvalue weighted by Crippen LogP contribution is 2.36. The monoisotopic (exact) mass is 520 g/mol. The molecule has 35 heavy (non-hydrogen) atoms. The van der Waals surface area contributed by atoms with E-state index in [1.54, 1.807) is 0 Å². The van der Waals surface area contributed by atoms with Crippen molar-refractivity contribution >= 4 is 40.4 Å². The number of hydrogen-bond donors (Lipinski definition) is 1. The van der Waals surface area contributed by atoms with Gasteiger partial charge in [0.05, 0.1) is 28.4 Å². The summed E-state index contributed by atoms with van der Waals surface area (Å²) >= 11 is 2.71. The second-order valence-electron chi connectivity index (χ2n) is 8.35. The summed E-state index contributed by atoms with van der Waals surface area (Å²) < 4.78 is 40.8. The summed E-state index contributed by atoms with van der Waals surface area (Å²) in [6.45, 7) is 8.08. The summed E-state index contributed by atoms with van der Waals surface area (Å²) in [4.78, 5) is 21.6. The van der Waals surface area contributed by atoms with Crippen molar-refractivity contribution in [1.82, 2.24) is 9.88 Å². The first-order valence-electron chi connectivity index (χ1n) is 11.4. The molecular formula is C25H27F3N4OS2. The van der Waals surface area contributed by atoms with Gasteiger partial charge in [0.1, 0.15) is 0 Å². The maximum Gasteiger partial charge on any atom is 0.416 e. The highest BCUT2D eigenvalue weighted by Gasteiger charge is 2.32. The van der Waals surface area contributed by atoms with E-state index in [0.717, 1.165) is 52.9 Å². The van der Waals surface area contributed by atoms with E-state index >= 15 is 0 Å². The zero-order valence-corrected chi connectivity index (χ0v) is 21.2. The summed E-state index contributed by atoms with van der Waals surface area (Å²) in [5.41, 5.74) is 3.03. The quantitative estimate of drug-likeness (QED) is 0.387. The van der Waals surface area contributed by atoms with Gasteiger partial charge in [-0.2, -0.15) is 13.2 Å². The number of aromatic nitrogens is 1. The van der Waals surface area contributed by atoms with E-state index < -0.39 is 11.7 Å². The Morgan fingerprint density at radius 3 is 2.49 bits per heavy atom. The molecule has 2 aromatic carbocycles. The Morgan fingerprint density at radius 2 is 1.83 bits per heavy atom. The number of rotatable bonds is 7. The van der Waals surface area contributed by atoms with E-state index in [1.165, 1.54) is 29.2 Å². The molecule has 0 atom stereocenters. The molecule has 1 saturated heterocycles. The van der Waals surface area contributed by atoms with Gasteiger partial charge < -0.3 is 15.1 Å². The Labute approximate surface area is 211 Å². The zero-order valence-electron chi connectivity index (χ0n) is 19.6. The van der Waals surface area contributed by atoms with Gasteiger partial charge in [-0.3, -0.25) is 4.79 Å². The minimum atomic E-state index is -4.49. The van der Waals surface area contributed by atoms with E-state index in [4.69, 9.17) is 0 Å². The Bertz CT molecular complexity index is 1160. The molecular weight excluding hydrogens is 493 g/mol. The van der Waals surface area contributed by atoms with Crippen LogP contribution in [0.15, 0.2) is 52.2 Å². The predicted octanol–water partition coefficient (Wildman–Crippen LogP) is 6.01. The van der Waals surface area contributed by atoms with E-state index in [2.05, 4.69) is 22.1 Å². The minimum Gasteiger partial charge on any atom is -0.367 e. The molecule has 1 aliphatic heterocycles. The standard InChI is InChI=1S/C25H27F3N4OS2/c1-3-31-10-12-32(13-11-31)22-9-8-19(25(26,27)28)14-20(22)29-23(33)16-35-24-30-21(15-34-24)18-6-4-17(2)5-7-18/h4-9,14-15H,3,10-13,16H2,1-2H3,(H,29,33). The molecule has 1 fully saturated rings. The number of benzene rings is 2. The van der Waals surface area contributed by atoms with Crippen molar-refractivity contribution in [2.24, 2.45) is 0 Å². The van der Waals surface area contributed by atoms with E-state index in [0.29, 0.717) is 18.8 Å². The summed E-state index contributed by atoms with van der Waals surface area (Å²) in [7, 11) is 0. The number of thioether (sulfide) groups is 1. The fraction of sp³-hybridized carbons (Fsp3) is 0.360. The van der Waals surface area contributed by atoms with Gasteiger partial charge in [-0.25, -0.2) is 4.98 Å². The summed E-state index contributed by atoms with van der Waals surface area (Å²) in [6, 6.07) is 11.6. The van der Waals surface area contributed by atoms with Gasteiger partial charge in [-0.15, -0.1) is 11.3 Å². The van der Waals surface area contributed by atoms with Crippen LogP contribution < -0.4 is 10.2 Å². The van der Waals surface area contributed by atoms with E-state index in [-0.39, 0.29) is 17.3 Å². The van der Waals surface area contributed by atoms with Crippen LogP contribution in [0.2, 0.25) is 0 Å². The van der Waals surface area contributed by atoms with Crippen LogP contribution in [0.25, 0.3) is 11.3 Å². The Hall–Kier alpha value is -2.56. The van der Waals surface area contributed by atoms with Crippen molar-refractivity contribution in [2.75, 3.05) is 48.7 Å². The van der Waals surface area contributed by atoms with Crippen LogP contribution in [0.1, 0.15) is 18.1 Å². The number of hydrogen-bond acceptors (Lipinski definition) is 6. The number of amides is 1. The first-order valence-corrected chi connectivity index (χ1v) is 13.2. The molecule has 1 N–H and O–H groups in total. The summed E-state index contributed by atoms with van der Waals surface area (Å²) in [5, 5.41) is 4.66. The third-order valence-electron chi connectivity index (χ3n) is 5.92. The zero-order chi connectivity index (χ0) is 25.0. The number of aryl methyl sites for hydroxylation is 1. The second-order valence-corrected chi connectivity index (χ2v) is 10.4. The molecule has 186 valence electrons. The number of carbonyl (C=O) groups is 1. The van der Waals surface area contributed by atoms with E-state index in [9.17, 15) is 18.0 Å².